The van der Waals surface area contributed by atoms with Crippen molar-refractivity contribution in [3.05, 3.63) is 41.6 Å². The Balaban J connectivity index is 2.63. The van der Waals surface area contributed by atoms with Gasteiger partial charge in [-0.3, -0.25) is 0 Å². The molecule has 0 aliphatic heterocycles. The molecule has 0 atom stereocenters. The zero-order valence-electron chi connectivity index (χ0n) is 10.5. The number of methoxy groups -OCH3 is 1. The second kappa shape index (κ2) is 5.43. The van der Waals surface area contributed by atoms with Crippen LogP contribution in [0.4, 0.5) is 17.6 Å². The van der Waals surface area contributed by atoms with Gasteiger partial charge in [0, 0.05) is 5.56 Å². The predicted molar refractivity (Wildman–Crippen MR) is 61.6 cm³/mol. The van der Waals surface area contributed by atoms with Crippen LogP contribution >= 0.6 is 0 Å². The van der Waals surface area contributed by atoms with Gasteiger partial charge in [0.05, 0.1) is 7.11 Å². The molecule has 0 fully saturated rings. The quantitative estimate of drug-likeness (QED) is 0.630. The van der Waals surface area contributed by atoms with Gasteiger partial charge in [-0.15, -0.1) is 10.2 Å². The zero-order chi connectivity index (χ0) is 15.6. The Hall–Kier alpha value is -2.58. The van der Waals surface area contributed by atoms with Crippen LogP contribution in [0.2, 0.25) is 0 Å². The standard InChI is InChI=1S/C12H7F4N3O2/c1-21-11(20)10-17-8(6-2-4-7(13)5-3-6)9(18-19-10)12(14,15)16/h2-5H,1H3. The third-order valence-electron chi connectivity index (χ3n) is 2.44. The Morgan fingerprint density at radius 1 is 1.14 bits per heavy atom. The van der Waals surface area contributed by atoms with E-state index in [4.69, 9.17) is 0 Å². The summed E-state index contributed by atoms with van der Waals surface area (Å²) >= 11 is 0. The average Bonchev–Trinajstić information content (AvgIpc) is 2.45. The third-order valence-corrected chi connectivity index (χ3v) is 2.44. The fourth-order valence-electron chi connectivity index (χ4n) is 1.50. The van der Waals surface area contributed by atoms with E-state index in [-0.39, 0.29) is 5.56 Å². The molecule has 110 valence electrons. The maximum atomic E-state index is 12.9. The first-order chi connectivity index (χ1) is 9.82. The molecular weight excluding hydrogens is 294 g/mol. The number of hydrogen-bond acceptors (Lipinski definition) is 5. The van der Waals surface area contributed by atoms with E-state index in [1.807, 2.05) is 0 Å². The Morgan fingerprint density at radius 3 is 2.29 bits per heavy atom. The Morgan fingerprint density at radius 2 is 1.76 bits per heavy atom. The van der Waals surface area contributed by atoms with E-state index in [2.05, 4.69) is 19.9 Å². The summed E-state index contributed by atoms with van der Waals surface area (Å²) in [6, 6.07) is 4.12. The molecule has 1 heterocycles. The Kier molecular flexibility index (Phi) is 3.83. The number of carbonyl (C=O) groups excluding carboxylic acids is 1. The molecule has 0 bridgehead atoms. The van der Waals surface area contributed by atoms with E-state index in [1.165, 1.54) is 0 Å². The van der Waals surface area contributed by atoms with Crippen molar-refractivity contribution in [2.75, 3.05) is 7.11 Å². The number of nitrogens with zero attached hydrogens (tertiary/aromatic N) is 3. The lowest BCUT2D eigenvalue weighted by Gasteiger charge is -2.10. The van der Waals surface area contributed by atoms with Gasteiger partial charge in [-0.05, 0) is 24.3 Å². The molecule has 0 saturated carbocycles. The van der Waals surface area contributed by atoms with E-state index < -0.39 is 35.2 Å². The van der Waals surface area contributed by atoms with Crippen molar-refractivity contribution in [1.82, 2.24) is 15.2 Å². The molecule has 0 aliphatic rings. The van der Waals surface area contributed by atoms with Gasteiger partial charge in [0.2, 0.25) is 0 Å². The molecule has 2 rings (SSSR count). The molecule has 0 N–H and O–H groups in total. The van der Waals surface area contributed by atoms with E-state index in [1.54, 1.807) is 0 Å². The van der Waals surface area contributed by atoms with Crippen LogP contribution in [0.25, 0.3) is 11.3 Å². The predicted octanol–water partition coefficient (Wildman–Crippen LogP) is 2.48. The first-order valence-corrected chi connectivity index (χ1v) is 5.49. The Bertz CT molecular complexity index is 671. The summed E-state index contributed by atoms with van der Waals surface area (Å²) in [5.74, 6) is -2.27. The Labute approximate surface area is 115 Å². The van der Waals surface area contributed by atoms with E-state index in [0.29, 0.717) is 0 Å². The molecule has 0 amide bonds. The van der Waals surface area contributed by atoms with Crippen molar-refractivity contribution in [3.63, 3.8) is 0 Å². The molecule has 0 radical (unpaired) electrons. The van der Waals surface area contributed by atoms with Gasteiger partial charge in [-0.25, -0.2) is 14.2 Å². The zero-order valence-corrected chi connectivity index (χ0v) is 10.5. The van der Waals surface area contributed by atoms with Crippen LogP contribution in [0, 0.1) is 5.82 Å². The molecule has 9 heteroatoms. The summed E-state index contributed by atoms with van der Waals surface area (Å²) in [5.41, 5.74) is -2.05. The SMILES string of the molecule is COC(=O)c1nnc(C(F)(F)F)c(-c2ccc(F)cc2)n1. The second-order valence-corrected chi connectivity index (χ2v) is 3.83. The molecular formula is C12H7F4N3O2. The minimum absolute atomic E-state index is 0.0521. The van der Waals surface area contributed by atoms with Gasteiger partial charge < -0.3 is 4.74 Å². The minimum atomic E-state index is -4.82. The summed E-state index contributed by atoms with van der Waals surface area (Å²) in [7, 11) is 1.03. The van der Waals surface area contributed by atoms with Crippen LogP contribution in [-0.4, -0.2) is 28.3 Å². The monoisotopic (exact) mass is 301 g/mol. The molecule has 21 heavy (non-hydrogen) atoms. The summed E-state index contributed by atoms with van der Waals surface area (Å²) in [5, 5.41) is 6.08. The minimum Gasteiger partial charge on any atom is -0.463 e. The lowest BCUT2D eigenvalue weighted by Crippen LogP contribution is -2.17. The van der Waals surface area contributed by atoms with Gasteiger partial charge in [0.1, 0.15) is 11.5 Å². The maximum absolute atomic E-state index is 12.9. The van der Waals surface area contributed by atoms with Gasteiger partial charge in [-0.2, -0.15) is 13.2 Å². The van der Waals surface area contributed by atoms with Gasteiger partial charge >= 0.3 is 12.1 Å². The average molecular weight is 301 g/mol. The van der Waals surface area contributed by atoms with Gasteiger partial charge in [0.15, 0.2) is 5.69 Å². The first kappa shape index (κ1) is 14.8. The smallest absolute Gasteiger partial charge is 0.437 e. The van der Waals surface area contributed by atoms with Crippen molar-refractivity contribution >= 4 is 5.97 Å². The highest BCUT2D eigenvalue weighted by Gasteiger charge is 2.38. The van der Waals surface area contributed by atoms with Crippen LogP contribution in [0.1, 0.15) is 16.3 Å². The van der Waals surface area contributed by atoms with Crippen LogP contribution in [0.15, 0.2) is 24.3 Å². The first-order valence-electron chi connectivity index (χ1n) is 5.49. The number of ether oxygens (including phenoxy) is 1. The third kappa shape index (κ3) is 3.12. The largest absolute Gasteiger partial charge is 0.463 e. The topological polar surface area (TPSA) is 65.0 Å². The summed E-state index contributed by atoms with van der Waals surface area (Å²) in [6.07, 6.45) is -4.82. The molecule has 0 aliphatic carbocycles. The molecule has 0 saturated heterocycles. The molecule has 2 aromatic rings. The molecule has 0 unspecified atom stereocenters. The summed E-state index contributed by atoms with van der Waals surface area (Å²) in [4.78, 5) is 14.8. The van der Waals surface area contributed by atoms with Crippen LogP contribution in [-0.2, 0) is 10.9 Å². The van der Waals surface area contributed by atoms with Crippen LogP contribution < -0.4 is 0 Å². The number of alkyl halides is 3. The summed E-state index contributed by atoms with van der Waals surface area (Å²) < 4.78 is 55.9. The summed E-state index contributed by atoms with van der Waals surface area (Å²) in [6.45, 7) is 0. The molecule has 0 spiro atoms. The van der Waals surface area contributed by atoms with Crippen molar-refractivity contribution in [2.45, 2.75) is 6.18 Å². The number of esters is 1. The number of carbonyl (C=O) groups is 1. The van der Waals surface area contributed by atoms with E-state index in [0.717, 1.165) is 31.4 Å². The number of rotatable bonds is 2. The van der Waals surface area contributed by atoms with Gasteiger partial charge in [-0.1, -0.05) is 0 Å². The fourth-order valence-corrected chi connectivity index (χ4v) is 1.50. The number of aromatic nitrogens is 3. The number of halogens is 4. The lowest BCUT2D eigenvalue weighted by molar-refractivity contribution is -0.141. The van der Waals surface area contributed by atoms with Crippen molar-refractivity contribution < 1.29 is 27.1 Å². The fraction of sp³-hybridized carbons (Fsp3) is 0.167. The number of hydrogen-bond donors (Lipinski definition) is 0. The number of benzene rings is 1. The van der Waals surface area contributed by atoms with Crippen LogP contribution in [0.3, 0.4) is 0 Å². The lowest BCUT2D eigenvalue weighted by atomic mass is 10.1. The van der Waals surface area contributed by atoms with E-state index in [9.17, 15) is 22.4 Å². The highest BCUT2D eigenvalue weighted by Crippen LogP contribution is 2.34. The van der Waals surface area contributed by atoms with Crippen LogP contribution in [0.5, 0.6) is 0 Å². The molecule has 1 aromatic carbocycles. The highest BCUT2D eigenvalue weighted by atomic mass is 19.4. The molecule has 5 nitrogen and oxygen atoms in total. The van der Waals surface area contributed by atoms with E-state index >= 15 is 0 Å². The van der Waals surface area contributed by atoms with Crippen molar-refractivity contribution in [2.24, 2.45) is 0 Å². The maximum Gasteiger partial charge on any atom is 0.437 e. The highest BCUT2D eigenvalue weighted by molar-refractivity contribution is 5.85. The van der Waals surface area contributed by atoms with Crippen molar-refractivity contribution in [1.29, 1.82) is 0 Å². The normalized spacial score (nSPS) is 11.3. The van der Waals surface area contributed by atoms with Crippen molar-refractivity contribution in [3.8, 4) is 11.3 Å². The second-order valence-electron chi connectivity index (χ2n) is 3.83. The van der Waals surface area contributed by atoms with Gasteiger partial charge in [0.25, 0.3) is 5.82 Å². The molecule has 1 aromatic heterocycles.